The quantitative estimate of drug-likeness (QED) is 0.702. The van der Waals surface area contributed by atoms with Crippen molar-refractivity contribution in [2.75, 3.05) is 13.1 Å². The Morgan fingerprint density at radius 1 is 1.29 bits per heavy atom. The average molecular weight is 338 g/mol. The zero-order chi connectivity index (χ0) is 18.3. The summed E-state index contributed by atoms with van der Waals surface area (Å²) in [5, 5.41) is 7.14. The summed E-state index contributed by atoms with van der Waals surface area (Å²) >= 11 is 0. The van der Waals surface area contributed by atoms with Crippen LogP contribution in [-0.2, 0) is 6.42 Å². The Morgan fingerprint density at radius 2 is 1.96 bits per heavy atom. The fourth-order valence-corrected chi connectivity index (χ4v) is 3.53. The van der Waals surface area contributed by atoms with Gasteiger partial charge in [-0.3, -0.25) is 9.69 Å². The first-order valence-electron chi connectivity index (χ1n) is 9.36. The zero-order valence-corrected chi connectivity index (χ0v) is 16.5. The van der Waals surface area contributed by atoms with Crippen molar-refractivity contribution in [3.8, 4) is 0 Å². The Bertz CT molecular complexity index is 527. The van der Waals surface area contributed by atoms with Crippen molar-refractivity contribution in [1.29, 1.82) is 0 Å². The monoisotopic (exact) mass is 337 g/mol. The highest BCUT2D eigenvalue weighted by Gasteiger charge is 2.37. The first-order chi connectivity index (χ1) is 11.3. The molecule has 2 atom stereocenters. The summed E-state index contributed by atoms with van der Waals surface area (Å²) in [4.78, 5) is 15.2. The van der Waals surface area contributed by atoms with Gasteiger partial charge >= 0.3 is 0 Å². The Balaban J connectivity index is 2.96. The number of carbonyl (C=O) groups is 1. The Labute approximate surface area is 147 Å². The molecule has 0 aliphatic carbocycles. The molecular formula is C19H35N3O2. The van der Waals surface area contributed by atoms with Gasteiger partial charge in [0.15, 0.2) is 5.69 Å². The van der Waals surface area contributed by atoms with Gasteiger partial charge in [-0.15, -0.1) is 0 Å². The normalized spacial score (nSPS) is 15.3. The van der Waals surface area contributed by atoms with Gasteiger partial charge in [-0.2, -0.15) is 0 Å². The lowest BCUT2D eigenvalue weighted by Crippen LogP contribution is -2.59. The zero-order valence-electron chi connectivity index (χ0n) is 16.5. The summed E-state index contributed by atoms with van der Waals surface area (Å²) in [6.45, 7) is 16.9. The molecule has 1 amide bonds. The van der Waals surface area contributed by atoms with Crippen LogP contribution in [0, 0.1) is 6.92 Å². The molecule has 1 rings (SSSR count). The number of rotatable bonds is 10. The maximum Gasteiger partial charge on any atom is 0.274 e. The highest BCUT2D eigenvalue weighted by atomic mass is 16.5. The van der Waals surface area contributed by atoms with Crippen molar-refractivity contribution in [3.63, 3.8) is 0 Å². The van der Waals surface area contributed by atoms with Crippen LogP contribution < -0.4 is 5.32 Å². The van der Waals surface area contributed by atoms with Crippen molar-refractivity contribution in [3.05, 3.63) is 17.0 Å². The van der Waals surface area contributed by atoms with Crippen LogP contribution in [0.15, 0.2) is 4.52 Å². The topological polar surface area (TPSA) is 58.4 Å². The summed E-state index contributed by atoms with van der Waals surface area (Å²) < 4.78 is 5.27. The van der Waals surface area contributed by atoms with Crippen molar-refractivity contribution in [2.24, 2.45) is 0 Å². The van der Waals surface area contributed by atoms with E-state index >= 15 is 0 Å². The van der Waals surface area contributed by atoms with E-state index in [4.69, 9.17) is 4.52 Å². The number of likely N-dealkylation sites (N-methyl/N-ethyl adjacent to an activating group) is 1. The van der Waals surface area contributed by atoms with E-state index in [1.54, 1.807) is 0 Å². The van der Waals surface area contributed by atoms with E-state index in [1.165, 1.54) is 0 Å². The number of aromatic nitrogens is 1. The molecule has 0 fully saturated rings. The van der Waals surface area contributed by atoms with Crippen LogP contribution in [-0.4, -0.2) is 40.6 Å². The number of nitrogens with zero attached hydrogens (tertiary/aromatic N) is 2. The fourth-order valence-electron chi connectivity index (χ4n) is 3.53. The standard InChI is InChI=1S/C19H35N3O2/c1-8-12-19(7,22(11-4)13-9-2)15(6)20-18(23)17-14(5)16(10-3)24-21-17/h15H,8-13H2,1-7H3,(H,20,23). The first kappa shape index (κ1) is 20.7. The lowest BCUT2D eigenvalue weighted by Gasteiger charge is -2.45. The van der Waals surface area contributed by atoms with Gasteiger partial charge < -0.3 is 9.84 Å². The number of hydrogen-bond donors (Lipinski definition) is 1. The Hall–Kier alpha value is -1.36. The molecular weight excluding hydrogens is 302 g/mol. The second-order valence-electron chi connectivity index (χ2n) is 6.81. The fraction of sp³-hybridized carbons (Fsp3) is 0.789. The van der Waals surface area contributed by atoms with Crippen molar-refractivity contribution >= 4 is 5.91 Å². The molecule has 0 spiro atoms. The molecule has 0 aliphatic heterocycles. The third kappa shape index (κ3) is 4.38. The molecule has 138 valence electrons. The van der Waals surface area contributed by atoms with Crippen LogP contribution in [0.2, 0.25) is 0 Å². The maximum absolute atomic E-state index is 12.7. The molecule has 1 aromatic heterocycles. The van der Waals surface area contributed by atoms with Crippen LogP contribution in [0.3, 0.4) is 0 Å². The number of hydrogen-bond acceptors (Lipinski definition) is 4. The van der Waals surface area contributed by atoms with Gasteiger partial charge in [0.25, 0.3) is 5.91 Å². The maximum atomic E-state index is 12.7. The molecule has 0 aliphatic rings. The van der Waals surface area contributed by atoms with E-state index in [-0.39, 0.29) is 17.5 Å². The van der Waals surface area contributed by atoms with Gasteiger partial charge in [-0.1, -0.05) is 39.3 Å². The summed E-state index contributed by atoms with van der Waals surface area (Å²) in [7, 11) is 0. The molecule has 1 heterocycles. The highest BCUT2D eigenvalue weighted by Crippen LogP contribution is 2.26. The van der Waals surface area contributed by atoms with E-state index in [0.29, 0.717) is 5.69 Å². The molecule has 24 heavy (non-hydrogen) atoms. The summed E-state index contributed by atoms with van der Waals surface area (Å²) in [5.41, 5.74) is 1.19. The van der Waals surface area contributed by atoms with E-state index in [1.807, 2.05) is 13.8 Å². The van der Waals surface area contributed by atoms with Crippen LogP contribution >= 0.6 is 0 Å². The van der Waals surface area contributed by atoms with Crippen molar-refractivity contribution in [2.45, 2.75) is 85.7 Å². The number of aryl methyl sites for hydroxylation is 1. The molecule has 1 N–H and O–H groups in total. The smallest absolute Gasteiger partial charge is 0.274 e. The van der Waals surface area contributed by atoms with Gasteiger partial charge in [0.2, 0.25) is 0 Å². The molecule has 0 bridgehead atoms. The second-order valence-corrected chi connectivity index (χ2v) is 6.81. The molecule has 5 heteroatoms. The number of amides is 1. The van der Waals surface area contributed by atoms with Crippen LogP contribution in [0.5, 0.6) is 0 Å². The Kier molecular flexibility index (Phi) is 7.94. The number of carbonyl (C=O) groups excluding carboxylic acids is 1. The second kappa shape index (κ2) is 9.21. The predicted octanol–water partition coefficient (Wildman–Crippen LogP) is 3.95. The van der Waals surface area contributed by atoms with Gasteiger partial charge in [0, 0.05) is 23.6 Å². The molecule has 0 aromatic carbocycles. The van der Waals surface area contributed by atoms with E-state index in [9.17, 15) is 4.79 Å². The highest BCUT2D eigenvalue weighted by molar-refractivity contribution is 5.93. The largest absolute Gasteiger partial charge is 0.360 e. The van der Waals surface area contributed by atoms with Crippen molar-refractivity contribution in [1.82, 2.24) is 15.4 Å². The third-order valence-corrected chi connectivity index (χ3v) is 5.19. The molecule has 0 saturated heterocycles. The van der Waals surface area contributed by atoms with E-state index < -0.39 is 0 Å². The molecule has 0 radical (unpaired) electrons. The van der Waals surface area contributed by atoms with Crippen LogP contribution in [0.1, 0.15) is 82.6 Å². The minimum absolute atomic E-state index is 0.0256. The minimum Gasteiger partial charge on any atom is -0.360 e. The van der Waals surface area contributed by atoms with Gasteiger partial charge in [0.1, 0.15) is 5.76 Å². The van der Waals surface area contributed by atoms with E-state index in [0.717, 1.165) is 50.1 Å². The lowest BCUT2D eigenvalue weighted by atomic mass is 9.86. The average Bonchev–Trinajstić information content (AvgIpc) is 2.93. The third-order valence-electron chi connectivity index (χ3n) is 5.19. The lowest BCUT2D eigenvalue weighted by molar-refractivity contribution is 0.0581. The van der Waals surface area contributed by atoms with Gasteiger partial charge in [-0.05, 0) is 46.7 Å². The molecule has 2 unspecified atom stereocenters. The van der Waals surface area contributed by atoms with Crippen molar-refractivity contribution < 1.29 is 9.32 Å². The van der Waals surface area contributed by atoms with Gasteiger partial charge in [0.05, 0.1) is 0 Å². The van der Waals surface area contributed by atoms with E-state index in [2.05, 4.69) is 50.0 Å². The summed E-state index contributed by atoms with van der Waals surface area (Å²) in [6.07, 6.45) is 3.98. The van der Waals surface area contributed by atoms with Crippen LogP contribution in [0.25, 0.3) is 0 Å². The minimum atomic E-state index is -0.140. The molecule has 0 saturated carbocycles. The summed E-state index contributed by atoms with van der Waals surface area (Å²) in [6, 6.07) is 0.0256. The summed E-state index contributed by atoms with van der Waals surface area (Å²) in [5.74, 6) is 0.642. The first-order valence-corrected chi connectivity index (χ1v) is 9.36. The van der Waals surface area contributed by atoms with Crippen LogP contribution in [0.4, 0.5) is 0 Å². The number of nitrogens with one attached hydrogen (secondary N) is 1. The Morgan fingerprint density at radius 3 is 2.42 bits per heavy atom. The SMILES string of the molecule is CCCN(CC)C(C)(CCC)C(C)NC(=O)c1noc(CC)c1C. The van der Waals surface area contributed by atoms with Gasteiger partial charge in [-0.25, -0.2) is 0 Å². The molecule has 5 nitrogen and oxygen atoms in total. The predicted molar refractivity (Wildman–Crippen MR) is 98.4 cm³/mol. The molecule has 1 aromatic rings.